The van der Waals surface area contributed by atoms with Crippen LogP contribution in [0.3, 0.4) is 0 Å². The van der Waals surface area contributed by atoms with Crippen LogP contribution in [-0.2, 0) is 0 Å². The van der Waals surface area contributed by atoms with Crippen LogP contribution in [0, 0.1) is 16.0 Å². The molecule has 1 aromatic carbocycles. The largest absolute Gasteiger partial charge is 0.352 e. The molecule has 0 unspecified atom stereocenters. The molecule has 1 aromatic rings. The molecule has 21 heavy (non-hydrogen) atoms. The fourth-order valence-electron chi connectivity index (χ4n) is 1.82. The summed E-state index contributed by atoms with van der Waals surface area (Å²) in [6, 6.07) is 2.26. The van der Waals surface area contributed by atoms with Gasteiger partial charge in [-0.25, -0.2) is 0 Å². The summed E-state index contributed by atoms with van der Waals surface area (Å²) in [7, 11) is 0. The van der Waals surface area contributed by atoms with Crippen molar-refractivity contribution in [2.75, 3.05) is 6.54 Å². The van der Waals surface area contributed by atoms with Crippen LogP contribution >= 0.6 is 23.2 Å². The first kappa shape index (κ1) is 17.7. The predicted molar refractivity (Wildman–Crippen MR) is 84.1 cm³/mol. The lowest BCUT2D eigenvalue weighted by molar-refractivity contribution is -0.384. The Hall–Kier alpha value is -1.33. The lowest BCUT2D eigenvalue weighted by Crippen LogP contribution is -2.25. The number of carbonyl (C=O) groups is 1. The number of carbonyl (C=O) groups excluding carboxylic acids is 1. The maximum atomic E-state index is 12.0. The van der Waals surface area contributed by atoms with Gasteiger partial charge in [0.05, 0.1) is 20.5 Å². The van der Waals surface area contributed by atoms with Crippen molar-refractivity contribution < 1.29 is 9.72 Å². The molecule has 0 aliphatic carbocycles. The Balaban J connectivity index is 2.67. The monoisotopic (exact) mass is 332 g/mol. The van der Waals surface area contributed by atoms with E-state index in [1.807, 2.05) is 0 Å². The van der Waals surface area contributed by atoms with Gasteiger partial charge in [0, 0.05) is 18.7 Å². The molecule has 1 N–H and O–H groups in total. The van der Waals surface area contributed by atoms with E-state index < -0.39 is 10.8 Å². The Morgan fingerprint density at radius 2 is 2.00 bits per heavy atom. The maximum Gasteiger partial charge on any atom is 0.271 e. The number of nitro benzene ring substituents is 1. The molecule has 1 amide bonds. The van der Waals surface area contributed by atoms with Crippen molar-refractivity contribution in [3.05, 3.63) is 37.9 Å². The summed E-state index contributed by atoms with van der Waals surface area (Å²) >= 11 is 11.7. The minimum absolute atomic E-state index is 0.00387. The van der Waals surface area contributed by atoms with Crippen molar-refractivity contribution in [3.63, 3.8) is 0 Å². The van der Waals surface area contributed by atoms with Gasteiger partial charge in [0.25, 0.3) is 11.6 Å². The first-order valence-corrected chi connectivity index (χ1v) is 7.50. The third-order valence-corrected chi connectivity index (χ3v) is 3.76. The topological polar surface area (TPSA) is 72.2 Å². The van der Waals surface area contributed by atoms with Gasteiger partial charge in [0.15, 0.2) is 0 Å². The zero-order valence-corrected chi connectivity index (χ0v) is 13.5. The molecular formula is C14H18Cl2N2O3. The first-order chi connectivity index (χ1) is 9.82. The smallest absolute Gasteiger partial charge is 0.271 e. The highest BCUT2D eigenvalue weighted by Crippen LogP contribution is 2.30. The molecule has 1 rings (SSSR count). The highest BCUT2D eigenvalue weighted by atomic mass is 35.5. The zero-order valence-electron chi connectivity index (χ0n) is 12.0. The van der Waals surface area contributed by atoms with Crippen LogP contribution in [0.2, 0.25) is 10.0 Å². The van der Waals surface area contributed by atoms with Gasteiger partial charge in [-0.05, 0) is 12.3 Å². The standard InChI is InChI=1S/C14H18Cl2N2O3/c1-9(2)5-3-4-6-17-14(19)11-7-10(18(20)21)8-12(15)13(11)16/h7-9H,3-6H2,1-2H3,(H,17,19). The van der Waals surface area contributed by atoms with E-state index in [9.17, 15) is 14.9 Å². The minimum Gasteiger partial charge on any atom is -0.352 e. The Morgan fingerprint density at radius 3 is 2.57 bits per heavy atom. The number of rotatable bonds is 7. The normalized spacial score (nSPS) is 10.7. The SMILES string of the molecule is CC(C)CCCCNC(=O)c1cc([N+](=O)[O-])cc(Cl)c1Cl. The number of nitrogens with one attached hydrogen (secondary N) is 1. The van der Waals surface area contributed by atoms with Crippen LogP contribution in [0.25, 0.3) is 0 Å². The Morgan fingerprint density at radius 1 is 1.33 bits per heavy atom. The van der Waals surface area contributed by atoms with E-state index in [1.165, 1.54) is 0 Å². The summed E-state index contributed by atoms with van der Waals surface area (Å²) in [5.74, 6) is 0.181. The van der Waals surface area contributed by atoms with Crippen LogP contribution in [0.5, 0.6) is 0 Å². The quantitative estimate of drug-likeness (QED) is 0.455. The second kappa shape index (κ2) is 8.20. The van der Waals surface area contributed by atoms with Gasteiger partial charge in [-0.2, -0.15) is 0 Å². The van der Waals surface area contributed by atoms with E-state index in [0.29, 0.717) is 12.5 Å². The Kier molecular flexibility index (Phi) is 6.92. The van der Waals surface area contributed by atoms with Crippen LogP contribution in [0.4, 0.5) is 5.69 Å². The number of hydrogen-bond donors (Lipinski definition) is 1. The highest BCUT2D eigenvalue weighted by Gasteiger charge is 2.19. The highest BCUT2D eigenvalue weighted by molar-refractivity contribution is 6.44. The molecule has 0 radical (unpaired) electrons. The lowest BCUT2D eigenvalue weighted by atomic mass is 10.1. The fourth-order valence-corrected chi connectivity index (χ4v) is 2.23. The van der Waals surface area contributed by atoms with E-state index in [-0.39, 0.29) is 21.3 Å². The molecule has 116 valence electrons. The van der Waals surface area contributed by atoms with Gasteiger partial charge < -0.3 is 5.32 Å². The number of non-ortho nitro benzene ring substituents is 1. The minimum atomic E-state index is -0.609. The number of benzene rings is 1. The van der Waals surface area contributed by atoms with Gasteiger partial charge >= 0.3 is 0 Å². The maximum absolute atomic E-state index is 12.0. The van der Waals surface area contributed by atoms with Gasteiger partial charge in [-0.3, -0.25) is 14.9 Å². The fraction of sp³-hybridized carbons (Fsp3) is 0.500. The molecular weight excluding hydrogens is 315 g/mol. The van der Waals surface area contributed by atoms with E-state index in [1.54, 1.807) is 0 Å². The van der Waals surface area contributed by atoms with Crippen molar-refractivity contribution in [2.45, 2.75) is 33.1 Å². The molecule has 0 aliphatic rings. The molecule has 0 spiro atoms. The van der Waals surface area contributed by atoms with E-state index >= 15 is 0 Å². The summed E-state index contributed by atoms with van der Waals surface area (Å²) < 4.78 is 0. The number of amides is 1. The van der Waals surface area contributed by atoms with Crippen molar-refractivity contribution in [1.82, 2.24) is 5.32 Å². The zero-order chi connectivity index (χ0) is 16.0. The molecule has 0 saturated heterocycles. The van der Waals surface area contributed by atoms with Gasteiger partial charge in [-0.1, -0.05) is 49.9 Å². The summed E-state index contributed by atoms with van der Waals surface area (Å²) in [6.07, 6.45) is 2.96. The Bertz CT molecular complexity index is 533. The first-order valence-electron chi connectivity index (χ1n) is 6.74. The molecule has 0 atom stereocenters. The van der Waals surface area contributed by atoms with Gasteiger partial charge in [-0.15, -0.1) is 0 Å². The molecule has 0 saturated carbocycles. The molecule has 0 bridgehead atoms. The summed E-state index contributed by atoms with van der Waals surface area (Å²) in [5.41, 5.74) is -0.228. The molecule has 7 heteroatoms. The molecule has 0 aliphatic heterocycles. The van der Waals surface area contributed by atoms with Crippen molar-refractivity contribution in [3.8, 4) is 0 Å². The van der Waals surface area contributed by atoms with Crippen LogP contribution in [-0.4, -0.2) is 17.4 Å². The second-order valence-electron chi connectivity index (χ2n) is 5.19. The molecule has 0 aromatic heterocycles. The number of unbranched alkanes of at least 4 members (excludes halogenated alkanes) is 1. The average molecular weight is 333 g/mol. The van der Waals surface area contributed by atoms with Crippen molar-refractivity contribution >= 4 is 34.8 Å². The number of halogens is 2. The van der Waals surface area contributed by atoms with E-state index in [2.05, 4.69) is 19.2 Å². The lowest BCUT2D eigenvalue weighted by Gasteiger charge is -2.08. The average Bonchev–Trinajstić information content (AvgIpc) is 2.40. The van der Waals surface area contributed by atoms with Gasteiger partial charge in [0.2, 0.25) is 0 Å². The predicted octanol–water partition coefficient (Wildman–Crippen LogP) is 4.46. The van der Waals surface area contributed by atoms with Crippen molar-refractivity contribution in [2.24, 2.45) is 5.92 Å². The summed E-state index contributed by atoms with van der Waals surface area (Å²) in [5, 5.41) is 13.5. The van der Waals surface area contributed by atoms with Crippen LogP contribution in [0.15, 0.2) is 12.1 Å². The van der Waals surface area contributed by atoms with E-state index in [0.717, 1.165) is 31.4 Å². The van der Waals surface area contributed by atoms with Gasteiger partial charge in [0.1, 0.15) is 0 Å². The number of nitro groups is 1. The van der Waals surface area contributed by atoms with E-state index in [4.69, 9.17) is 23.2 Å². The summed E-state index contributed by atoms with van der Waals surface area (Å²) in [4.78, 5) is 22.2. The second-order valence-corrected chi connectivity index (χ2v) is 5.98. The number of hydrogen-bond acceptors (Lipinski definition) is 3. The molecule has 5 nitrogen and oxygen atoms in total. The van der Waals surface area contributed by atoms with Crippen molar-refractivity contribution in [1.29, 1.82) is 0 Å². The summed E-state index contributed by atoms with van der Waals surface area (Å²) in [6.45, 7) is 4.79. The van der Waals surface area contributed by atoms with Crippen LogP contribution in [0.1, 0.15) is 43.5 Å². The third kappa shape index (κ3) is 5.52. The molecule has 0 heterocycles. The Labute approximate surface area is 133 Å². The molecule has 0 fully saturated rings. The number of nitrogens with zero attached hydrogens (tertiary/aromatic N) is 1. The van der Waals surface area contributed by atoms with Crippen LogP contribution < -0.4 is 5.32 Å². The third-order valence-electron chi connectivity index (χ3n) is 2.96.